The smallest absolute Gasteiger partial charge is 0.0930 e. The van der Waals surface area contributed by atoms with E-state index in [1.165, 1.54) is 11.1 Å². The molecule has 20 heavy (non-hydrogen) atoms. The molecule has 2 heteroatoms. The lowest BCUT2D eigenvalue weighted by molar-refractivity contribution is 0.563. The summed E-state index contributed by atoms with van der Waals surface area (Å²) in [6.45, 7) is 12.5. The van der Waals surface area contributed by atoms with Crippen molar-refractivity contribution in [3.63, 3.8) is 0 Å². The van der Waals surface area contributed by atoms with Crippen molar-refractivity contribution in [3.05, 3.63) is 47.8 Å². The Balaban J connectivity index is 0.000000461. The highest BCUT2D eigenvalue weighted by Crippen LogP contribution is 2.48. The van der Waals surface area contributed by atoms with Gasteiger partial charge in [0.25, 0.3) is 0 Å². The first-order valence-electron chi connectivity index (χ1n) is 7.68. The molecule has 1 aliphatic rings. The molecule has 0 radical (unpaired) electrons. The van der Waals surface area contributed by atoms with Crippen LogP contribution in [0.15, 0.2) is 36.7 Å². The lowest BCUT2D eigenvalue weighted by atomic mass is 9.79. The fraction of sp³-hybridized carbons (Fsp3) is 0.444. The zero-order valence-electron chi connectivity index (χ0n) is 13.6. The zero-order valence-corrected chi connectivity index (χ0v) is 13.6. The fourth-order valence-electron chi connectivity index (χ4n) is 2.60. The van der Waals surface area contributed by atoms with Crippen molar-refractivity contribution in [1.29, 1.82) is 0 Å². The van der Waals surface area contributed by atoms with Crippen molar-refractivity contribution in [3.8, 4) is 11.4 Å². The van der Waals surface area contributed by atoms with E-state index in [9.17, 15) is 0 Å². The maximum absolute atomic E-state index is 4.48. The Bertz CT molecular complexity index is 501. The second kappa shape index (κ2) is 7.18. The Kier molecular flexibility index (Phi) is 5.87. The van der Waals surface area contributed by atoms with Gasteiger partial charge in [0.05, 0.1) is 11.4 Å². The topological polar surface area (TPSA) is 25.8 Å². The van der Waals surface area contributed by atoms with E-state index in [4.69, 9.17) is 0 Å². The highest BCUT2D eigenvalue weighted by Gasteiger charge is 2.39. The molecule has 0 aliphatic heterocycles. The highest BCUT2D eigenvalue weighted by molar-refractivity contribution is 5.74. The third-order valence-corrected chi connectivity index (χ3v) is 3.74. The van der Waals surface area contributed by atoms with Crippen molar-refractivity contribution >= 4 is 0 Å². The van der Waals surface area contributed by atoms with Crippen LogP contribution in [0.5, 0.6) is 0 Å². The van der Waals surface area contributed by atoms with Crippen LogP contribution in [-0.4, -0.2) is 9.97 Å². The summed E-state index contributed by atoms with van der Waals surface area (Å²) in [5.74, 6) is 0. The number of pyridine rings is 2. The van der Waals surface area contributed by atoms with Gasteiger partial charge < -0.3 is 0 Å². The molecule has 0 amide bonds. The molecular weight excluding hydrogens is 244 g/mol. The normalized spacial score (nSPS) is 13.1. The molecule has 0 spiro atoms. The number of hydrogen-bond acceptors (Lipinski definition) is 2. The number of aromatic nitrogens is 2. The molecule has 0 saturated heterocycles. The SMILES string of the molecule is CC.CC.CCC1(C)c2cccnc2-c2ncccc21. The van der Waals surface area contributed by atoms with Crippen LogP contribution < -0.4 is 0 Å². The van der Waals surface area contributed by atoms with Crippen molar-refractivity contribution in [2.45, 2.75) is 53.4 Å². The molecule has 1 aliphatic carbocycles. The van der Waals surface area contributed by atoms with Crippen molar-refractivity contribution in [1.82, 2.24) is 9.97 Å². The van der Waals surface area contributed by atoms with Crippen LogP contribution in [0.3, 0.4) is 0 Å². The Hall–Kier alpha value is -1.70. The van der Waals surface area contributed by atoms with Crippen LogP contribution in [0.1, 0.15) is 59.1 Å². The molecule has 0 N–H and O–H groups in total. The molecule has 108 valence electrons. The summed E-state index contributed by atoms with van der Waals surface area (Å²) in [5.41, 5.74) is 4.81. The minimum atomic E-state index is 0.0766. The van der Waals surface area contributed by atoms with Crippen molar-refractivity contribution in [2.24, 2.45) is 0 Å². The van der Waals surface area contributed by atoms with E-state index in [0.717, 1.165) is 17.8 Å². The molecule has 2 aromatic rings. The molecule has 0 atom stereocenters. The monoisotopic (exact) mass is 270 g/mol. The Morgan fingerprint density at radius 1 is 0.850 bits per heavy atom. The van der Waals surface area contributed by atoms with Gasteiger partial charge in [0.15, 0.2) is 0 Å². The van der Waals surface area contributed by atoms with Crippen LogP contribution in [0, 0.1) is 0 Å². The van der Waals surface area contributed by atoms with Gasteiger partial charge in [-0.1, -0.05) is 53.7 Å². The molecule has 2 nitrogen and oxygen atoms in total. The summed E-state index contributed by atoms with van der Waals surface area (Å²) in [5, 5.41) is 0. The van der Waals surface area contributed by atoms with E-state index >= 15 is 0 Å². The van der Waals surface area contributed by atoms with Gasteiger partial charge in [-0.05, 0) is 29.7 Å². The lowest BCUT2D eigenvalue weighted by Gasteiger charge is -2.24. The molecule has 0 saturated carbocycles. The number of rotatable bonds is 1. The van der Waals surface area contributed by atoms with Crippen molar-refractivity contribution < 1.29 is 0 Å². The lowest BCUT2D eigenvalue weighted by Crippen LogP contribution is -2.19. The number of nitrogens with zero attached hydrogens (tertiary/aromatic N) is 2. The molecule has 0 aromatic carbocycles. The fourth-order valence-corrected chi connectivity index (χ4v) is 2.60. The molecule has 2 heterocycles. The largest absolute Gasteiger partial charge is 0.254 e. The predicted molar refractivity (Wildman–Crippen MR) is 86.9 cm³/mol. The molecular formula is C18H26N2. The van der Waals surface area contributed by atoms with Gasteiger partial charge in [-0.2, -0.15) is 0 Å². The third kappa shape index (κ3) is 2.47. The first-order valence-corrected chi connectivity index (χ1v) is 7.68. The average molecular weight is 270 g/mol. The maximum Gasteiger partial charge on any atom is 0.0930 e. The van der Waals surface area contributed by atoms with Crippen LogP contribution in [0.25, 0.3) is 11.4 Å². The minimum Gasteiger partial charge on any atom is -0.254 e. The summed E-state index contributed by atoms with van der Waals surface area (Å²) in [4.78, 5) is 8.96. The van der Waals surface area contributed by atoms with Crippen LogP contribution in [-0.2, 0) is 5.41 Å². The van der Waals surface area contributed by atoms with Gasteiger partial charge in [-0.25, -0.2) is 0 Å². The summed E-state index contributed by atoms with van der Waals surface area (Å²) >= 11 is 0. The van der Waals surface area contributed by atoms with E-state index in [1.807, 2.05) is 52.2 Å². The number of fused-ring (bicyclic) bond motifs is 3. The minimum absolute atomic E-state index is 0.0766. The van der Waals surface area contributed by atoms with E-state index in [-0.39, 0.29) is 5.41 Å². The van der Waals surface area contributed by atoms with Crippen LogP contribution >= 0.6 is 0 Å². The van der Waals surface area contributed by atoms with Gasteiger partial charge in [0, 0.05) is 17.8 Å². The van der Waals surface area contributed by atoms with Gasteiger partial charge in [0.2, 0.25) is 0 Å². The van der Waals surface area contributed by atoms with Gasteiger partial charge in [0.1, 0.15) is 0 Å². The Labute approximate surface area is 123 Å². The first-order chi connectivity index (χ1) is 9.77. The Morgan fingerprint density at radius 3 is 1.60 bits per heavy atom. The first kappa shape index (κ1) is 16.4. The third-order valence-electron chi connectivity index (χ3n) is 3.74. The molecule has 0 unspecified atom stereocenters. The molecule has 0 fully saturated rings. The van der Waals surface area contributed by atoms with E-state index in [2.05, 4.69) is 35.9 Å². The summed E-state index contributed by atoms with van der Waals surface area (Å²) in [6, 6.07) is 8.37. The highest BCUT2D eigenvalue weighted by atomic mass is 14.8. The quantitative estimate of drug-likeness (QED) is 0.709. The number of hydrogen-bond donors (Lipinski definition) is 0. The molecule has 2 aromatic heterocycles. The second-order valence-electron chi connectivity index (χ2n) is 4.48. The second-order valence-corrected chi connectivity index (χ2v) is 4.48. The van der Waals surface area contributed by atoms with Gasteiger partial charge in [-0.15, -0.1) is 0 Å². The van der Waals surface area contributed by atoms with Crippen LogP contribution in [0.2, 0.25) is 0 Å². The Morgan fingerprint density at radius 2 is 1.25 bits per heavy atom. The summed E-state index contributed by atoms with van der Waals surface area (Å²) < 4.78 is 0. The van der Waals surface area contributed by atoms with E-state index < -0.39 is 0 Å². The van der Waals surface area contributed by atoms with Crippen LogP contribution in [0.4, 0.5) is 0 Å². The summed E-state index contributed by atoms with van der Waals surface area (Å²) in [7, 11) is 0. The summed E-state index contributed by atoms with van der Waals surface area (Å²) in [6.07, 6.45) is 4.77. The van der Waals surface area contributed by atoms with Gasteiger partial charge in [-0.3, -0.25) is 9.97 Å². The van der Waals surface area contributed by atoms with Gasteiger partial charge >= 0.3 is 0 Å². The molecule has 0 bridgehead atoms. The maximum atomic E-state index is 4.48. The molecule has 3 rings (SSSR count). The van der Waals surface area contributed by atoms with Crippen molar-refractivity contribution in [2.75, 3.05) is 0 Å². The standard InChI is InChI=1S/C14H14N2.2C2H6/c1-3-14(2)10-6-4-8-15-12(10)13-11(14)7-5-9-16-13;2*1-2/h4-9H,3H2,1-2H3;2*1-2H3. The van der Waals surface area contributed by atoms with E-state index in [0.29, 0.717) is 0 Å². The zero-order chi connectivity index (χ0) is 15.2. The predicted octanol–water partition coefficient (Wildman–Crippen LogP) is 5.23. The van der Waals surface area contributed by atoms with E-state index in [1.54, 1.807) is 0 Å². The average Bonchev–Trinajstić information content (AvgIpc) is 2.82.